The number of rotatable bonds is 10. The zero-order valence-corrected chi connectivity index (χ0v) is 25.3. The molecular weight excluding hydrogens is 568 g/mol. The van der Waals surface area contributed by atoms with Crippen LogP contribution in [0.2, 0.25) is 0 Å². The summed E-state index contributed by atoms with van der Waals surface area (Å²) in [4.78, 5) is 36.4. The first-order valence-corrected chi connectivity index (χ1v) is 16.2. The molecule has 1 aliphatic heterocycles. The topological polar surface area (TPSA) is 144 Å². The lowest BCUT2D eigenvalue weighted by molar-refractivity contribution is -0.138. The van der Waals surface area contributed by atoms with Crippen LogP contribution in [0.25, 0.3) is 0 Å². The van der Waals surface area contributed by atoms with E-state index in [4.69, 9.17) is 33.5 Å². The molecule has 1 aromatic rings. The summed E-state index contributed by atoms with van der Waals surface area (Å²) in [7, 11) is -1.23. The van der Waals surface area contributed by atoms with Gasteiger partial charge in [-0.25, -0.2) is 0 Å². The fourth-order valence-corrected chi connectivity index (χ4v) is 5.36. The van der Waals surface area contributed by atoms with E-state index in [9.17, 15) is 18.6 Å². The maximum atomic E-state index is 13.4. The smallest absolute Gasteiger partial charge is 0.305 e. The Hall–Kier alpha value is -2.06. The first kappa shape index (κ1) is 36.1. The molecule has 0 saturated carbocycles. The summed E-state index contributed by atoms with van der Waals surface area (Å²) >= 11 is 0. The lowest BCUT2D eigenvalue weighted by atomic mass is 9.93. The number of carboxylic acids is 1. The Morgan fingerprint density at radius 2 is 1.29 bits per heavy atom. The average molecular weight is 615 g/mol. The fraction of sp³-hybridized carbons (Fsp3) is 0.700. The van der Waals surface area contributed by atoms with Crippen LogP contribution in [0.15, 0.2) is 24.3 Å². The second-order valence-electron chi connectivity index (χ2n) is 9.79. The SMILES string of the molecule is O=C(O)CCOCCCC(=O)c1ccc(C(=O)C2CCCCOCCOCCOCCOCCOCCS(=O)C2)cc1. The molecule has 0 amide bonds. The Balaban J connectivity index is 1.88. The molecule has 0 radical (unpaired) electrons. The predicted molar refractivity (Wildman–Crippen MR) is 157 cm³/mol. The highest BCUT2D eigenvalue weighted by atomic mass is 32.2. The van der Waals surface area contributed by atoms with Crippen LogP contribution in [0.5, 0.6) is 0 Å². The molecule has 238 valence electrons. The van der Waals surface area contributed by atoms with E-state index in [1.54, 1.807) is 24.3 Å². The number of ketones is 2. The minimum absolute atomic E-state index is 0.0685. The monoisotopic (exact) mass is 614 g/mol. The fourth-order valence-electron chi connectivity index (χ4n) is 4.12. The number of Topliss-reactive ketones (excluding diaryl/α,β-unsaturated/α-hetero) is 2. The summed E-state index contributed by atoms with van der Waals surface area (Å²) < 4.78 is 45.6. The summed E-state index contributed by atoms with van der Waals surface area (Å²) in [6.45, 7) is 5.00. The van der Waals surface area contributed by atoms with E-state index in [-0.39, 0.29) is 36.8 Å². The quantitative estimate of drug-likeness (QED) is 0.307. The van der Waals surface area contributed by atoms with Crippen LogP contribution in [-0.4, -0.2) is 118 Å². The zero-order chi connectivity index (χ0) is 30.3. The Kier molecular flexibility index (Phi) is 20.1. The number of aliphatic carboxylic acids is 1. The summed E-state index contributed by atoms with van der Waals surface area (Å²) in [6, 6.07) is 6.60. The Morgan fingerprint density at radius 1 is 0.738 bits per heavy atom. The zero-order valence-electron chi connectivity index (χ0n) is 24.5. The van der Waals surface area contributed by atoms with Crippen LogP contribution in [0.4, 0.5) is 0 Å². The molecule has 42 heavy (non-hydrogen) atoms. The molecule has 1 saturated heterocycles. The van der Waals surface area contributed by atoms with Crippen LogP contribution in [0, 0.1) is 5.92 Å². The Labute approximate surface area is 251 Å². The number of ether oxygens (including phenoxy) is 6. The largest absolute Gasteiger partial charge is 0.481 e. The highest BCUT2D eigenvalue weighted by molar-refractivity contribution is 7.85. The van der Waals surface area contributed by atoms with Gasteiger partial charge >= 0.3 is 5.97 Å². The van der Waals surface area contributed by atoms with E-state index in [2.05, 4.69) is 0 Å². The lowest BCUT2D eigenvalue weighted by Gasteiger charge is -2.16. The van der Waals surface area contributed by atoms with E-state index < -0.39 is 22.7 Å². The summed E-state index contributed by atoms with van der Waals surface area (Å²) in [5.74, 6) is -0.923. The molecular formula is C30H46O11S. The van der Waals surface area contributed by atoms with Gasteiger partial charge in [-0.3, -0.25) is 18.6 Å². The van der Waals surface area contributed by atoms with Gasteiger partial charge in [0.1, 0.15) is 0 Å². The molecule has 0 aliphatic carbocycles. The van der Waals surface area contributed by atoms with Gasteiger partial charge < -0.3 is 33.5 Å². The molecule has 1 aliphatic rings. The minimum atomic E-state index is -1.23. The molecule has 1 heterocycles. The van der Waals surface area contributed by atoms with Gasteiger partial charge in [-0.05, 0) is 19.3 Å². The molecule has 1 aromatic carbocycles. The van der Waals surface area contributed by atoms with Crippen molar-refractivity contribution in [3.63, 3.8) is 0 Å². The van der Waals surface area contributed by atoms with Crippen molar-refractivity contribution in [3.8, 4) is 0 Å². The van der Waals surface area contributed by atoms with Crippen molar-refractivity contribution in [2.24, 2.45) is 5.92 Å². The van der Waals surface area contributed by atoms with E-state index in [0.29, 0.717) is 102 Å². The molecule has 12 heteroatoms. The predicted octanol–water partition coefficient (Wildman–Crippen LogP) is 2.96. The molecule has 11 nitrogen and oxygen atoms in total. The molecule has 0 aromatic heterocycles. The number of carbonyl (C=O) groups is 3. The van der Waals surface area contributed by atoms with Crippen molar-refractivity contribution >= 4 is 28.3 Å². The molecule has 0 spiro atoms. The van der Waals surface area contributed by atoms with E-state index in [1.807, 2.05) is 0 Å². The Bertz CT molecular complexity index is 922. The molecule has 0 bridgehead atoms. The van der Waals surface area contributed by atoms with Crippen molar-refractivity contribution in [2.45, 2.75) is 38.5 Å². The van der Waals surface area contributed by atoms with Gasteiger partial charge in [0.25, 0.3) is 0 Å². The second kappa shape index (κ2) is 23.4. The summed E-state index contributed by atoms with van der Waals surface area (Å²) in [5.41, 5.74) is 0.982. The first-order valence-electron chi connectivity index (χ1n) is 14.7. The van der Waals surface area contributed by atoms with Gasteiger partial charge in [-0.15, -0.1) is 0 Å². The van der Waals surface area contributed by atoms with Gasteiger partial charge in [0.05, 0.1) is 72.5 Å². The van der Waals surface area contributed by atoms with Crippen molar-refractivity contribution < 1.29 is 52.1 Å². The summed E-state index contributed by atoms with van der Waals surface area (Å²) in [5, 5.41) is 8.62. The van der Waals surface area contributed by atoms with Gasteiger partial charge in [-0.2, -0.15) is 0 Å². The van der Waals surface area contributed by atoms with E-state index in [1.165, 1.54) is 0 Å². The van der Waals surface area contributed by atoms with Crippen molar-refractivity contribution in [1.82, 2.24) is 0 Å². The number of hydrogen-bond donors (Lipinski definition) is 1. The first-order chi connectivity index (χ1) is 20.5. The van der Waals surface area contributed by atoms with Gasteiger partial charge in [0.2, 0.25) is 0 Å². The van der Waals surface area contributed by atoms with E-state index in [0.717, 1.165) is 12.8 Å². The van der Waals surface area contributed by atoms with Gasteiger partial charge in [0.15, 0.2) is 11.6 Å². The third kappa shape index (κ3) is 17.2. The third-order valence-electron chi connectivity index (χ3n) is 6.44. The molecule has 2 atom stereocenters. The molecule has 1 N–H and O–H groups in total. The minimum Gasteiger partial charge on any atom is -0.481 e. The molecule has 2 rings (SSSR count). The maximum absolute atomic E-state index is 13.4. The Morgan fingerprint density at radius 3 is 1.88 bits per heavy atom. The maximum Gasteiger partial charge on any atom is 0.305 e. The van der Waals surface area contributed by atoms with Gasteiger partial charge in [-0.1, -0.05) is 30.7 Å². The number of hydrogen-bond acceptors (Lipinski definition) is 10. The third-order valence-corrected chi connectivity index (χ3v) is 7.83. The van der Waals surface area contributed by atoms with Gasteiger partial charge in [0, 0.05) is 59.0 Å². The van der Waals surface area contributed by atoms with E-state index >= 15 is 0 Å². The van der Waals surface area contributed by atoms with Crippen LogP contribution < -0.4 is 0 Å². The second-order valence-corrected chi connectivity index (χ2v) is 11.4. The highest BCUT2D eigenvalue weighted by Crippen LogP contribution is 2.19. The average Bonchev–Trinajstić information content (AvgIpc) is 2.98. The number of carboxylic acid groups (broad SMARTS) is 1. The van der Waals surface area contributed by atoms with Crippen molar-refractivity contribution in [3.05, 3.63) is 35.4 Å². The van der Waals surface area contributed by atoms with Crippen LogP contribution in [-0.2, 0) is 44.0 Å². The number of carbonyl (C=O) groups excluding carboxylic acids is 2. The molecule has 2 unspecified atom stereocenters. The highest BCUT2D eigenvalue weighted by Gasteiger charge is 2.23. The van der Waals surface area contributed by atoms with Crippen LogP contribution in [0.1, 0.15) is 59.2 Å². The van der Waals surface area contributed by atoms with Crippen LogP contribution in [0.3, 0.4) is 0 Å². The van der Waals surface area contributed by atoms with Crippen molar-refractivity contribution in [1.29, 1.82) is 0 Å². The normalized spacial score (nSPS) is 21.4. The van der Waals surface area contributed by atoms with Crippen LogP contribution >= 0.6 is 0 Å². The van der Waals surface area contributed by atoms with Crippen molar-refractivity contribution in [2.75, 3.05) is 90.8 Å². The number of benzene rings is 1. The summed E-state index contributed by atoms with van der Waals surface area (Å²) in [6.07, 6.45) is 2.78. The molecule has 1 fully saturated rings. The standard InChI is InChI=1S/C30H46O11S/c31-28(5-3-12-36-13-10-29(32)33)25-6-8-26(9-7-25)30(34)27-4-1-2-11-37-14-15-38-16-17-39-18-19-40-20-21-41-22-23-42(35)24-27/h6-9,27H,1-5,10-24H2,(H,32,33). The lowest BCUT2D eigenvalue weighted by Crippen LogP contribution is -2.24.